The maximum atomic E-state index is 12.9. The lowest BCUT2D eigenvalue weighted by Crippen LogP contribution is -2.32. The Morgan fingerprint density at radius 2 is 1.66 bits per heavy atom. The van der Waals surface area contributed by atoms with Gasteiger partial charge in [-0.05, 0) is 55.4 Å². The molecule has 0 bridgehead atoms. The molecule has 0 radical (unpaired) electrons. The van der Waals surface area contributed by atoms with Crippen LogP contribution in [-0.4, -0.2) is 63.3 Å². The number of fused-ring (bicyclic) bond motifs is 1. The van der Waals surface area contributed by atoms with Gasteiger partial charge in [0.15, 0.2) is 11.5 Å². The summed E-state index contributed by atoms with van der Waals surface area (Å²) in [4.78, 5) is 34.2. The van der Waals surface area contributed by atoms with Gasteiger partial charge >= 0.3 is 0 Å². The molecule has 0 aromatic heterocycles. The van der Waals surface area contributed by atoms with Crippen molar-refractivity contribution in [3.63, 3.8) is 0 Å². The number of hydrogen-bond acceptors (Lipinski definition) is 6. The molecule has 2 aromatic carbocycles. The molecule has 1 atom stereocenters. The number of aliphatic imine (C=N–C) groups is 1. The van der Waals surface area contributed by atoms with E-state index in [1.807, 2.05) is 37.3 Å². The molecule has 1 aliphatic heterocycles. The minimum atomic E-state index is -0.501. The summed E-state index contributed by atoms with van der Waals surface area (Å²) in [7, 11) is 4.93. The Balaban J connectivity index is 1.79. The minimum Gasteiger partial charge on any atom is -0.493 e. The largest absolute Gasteiger partial charge is 0.493 e. The van der Waals surface area contributed by atoms with E-state index in [-0.39, 0.29) is 11.8 Å². The average molecular weight is 481 g/mol. The fourth-order valence-electron chi connectivity index (χ4n) is 4.29. The predicted molar refractivity (Wildman–Crippen MR) is 141 cm³/mol. The van der Waals surface area contributed by atoms with Crippen LogP contribution in [0.25, 0.3) is 0 Å². The third-order valence-electron chi connectivity index (χ3n) is 6.50. The molecule has 35 heavy (non-hydrogen) atoms. The topological polar surface area (TPSA) is 83.5 Å². The van der Waals surface area contributed by atoms with Gasteiger partial charge in [0.1, 0.15) is 5.92 Å². The number of methoxy groups -OCH3 is 2. The van der Waals surface area contributed by atoms with Crippen LogP contribution in [0.4, 0.5) is 17.1 Å². The summed E-state index contributed by atoms with van der Waals surface area (Å²) in [6, 6.07) is 11.1. The van der Waals surface area contributed by atoms with Crippen LogP contribution < -0.4 is 19.7 Å². The highest BCUT2D eigenvalue weighted by Crippen LogP contribution is 2.42. The van der Waals surface area contributed by atoms with Crippen molar-refractivity contribution in [1.29, 1.82) is 0 Å². The van der Waals surface area contributed by atoms with Crippen molar-refractivity contribution in [2.75, 3.05) is 51.1 Å². The molecule has 8 heteroatoms. The lowest BCUT2D eigenvalue weighted by atomic mass is 9.93. The quantitative estimate of drug-likeness (QED) is 0.475. The molecule has 0 saturated heterocycles. The monoisotopic (exact) mass is 480 g/mol. The first-order valence-corrected chi connectivity index (χ1v) is 12.1. The number of carbonyl (C=O) groups excluding carboxylic acids is 2. The summed E-state index contributed by atoms with van der Waals surface area (Å²) in [5.41, 5.74) is 3.83. The van der Waals surface area contributed by atoms with E-state index >= 15 is 0 Å². The van der Waals surface area contributed by atoms with Gasteiger partial charge in [0.25, 0.3) is 0 Å². The van der Waals surface area contributed by atoms with Gasteiger partial charge in [-0.2, -0.15) is 0 Å². The molecular formula is C27H36N4O4. The number of amides is 2. The van der Waals surface area contributed by atoms with Gasteiger partial charge in [-0.1, -0.05) is 20.8 Å². The fourth-order valence-corrected chi connectivity index (χ4v) is 4.29. The molecule has 1 aliphatic rings. The lowest BCUT2D eigenvalue weighted by Gasteiger charge is -2.21. The third-order valence-corrected chi connectivity index (χ3v) is 6.50. The first-order chi connectivity index (χ1) is 16.9. The lowest BCUT2D eigenvalue weighted by molar-refractivity contribution is -0.118. The molecule has 2 aromatic rings. The zero-order valence-corrected chi connectivity index (χ0v) is 21.6. The molecule has 2 amide bonds. The van der Waals surface area contributed by atoms with E-state index < -0.39 is 5.92 Å². The van der Waals surface area contributed by atoms with E-state index in [1.165, 1.54) is 0 Å². The van der Waals surface area contributed by atoms with Crippen LogP contribution in [-0.2, 0) is 9.59 Å². The van der Waals surface area contributed by atoms with Crippen molar-refractivity contribution in [2.45, 2.75) is 39.5 Å². The third kappa shape index (κ3) is 5.82. The van der Waals surface area contributed by atoms with Crippen LogP contribution in [0.3, 0.4) is 0 Å². The average Bonchev–Trinajstić information content (AvgIpc) is 3.20. The van der Waals surface area contributed by atoms with E-state index in [0.29, 0.717) is 30.0 Å². The maximum absolute atomic E-state index is 12.9. The molecule has 1 unspecified atom stereocenters. The number of hydrogen-bond donors (Lipinski definition) is 1. The Labute approximate surface area is 207 Å². The summed E-state index contributed by atoms with van der Waals surface area (Å²) in [6.45, 7) is 8.81. The number of nitrogens with one attached hydrogen (secondary N) is 1. The first kappa shape index (κ1) is 26.2. The van der Waals surface area contributed by atoms with Crippen molar-refractivity contribution in [3.05, 3.63) is 42.0 Å². The van der Waals surface area contributed by atoms with Crippen molar-refractivity contribution in [2.24, 2.45) is 4.99 Å². The highest BCUT2D eigenvalue weighted by atomic mass is 16.5. The van der Waals surface area contributed by atoms with Crippen LogP contribution in [0, 0.1) is 0 Å². The number of carbonyl (C=O) groups is 2. The maximum Gasteiger partial charge on any atom is 0.237 e. The molecule has 0 fully saturated rings. The Morgan fingerprint density at radius 3 is 2.23 bits per heavy atom. The number of anilines is 2. The summed E-state index contributed by atoms with van der Waals surface area (Å²) < 4.78 is 10.8. The smallest absolute Gasteiger partial charge is 0.237 e. The second-order valence-corrected chi connectivity index (χ2v) is 8.42. The Bertz CT molecular complexity index is 1080. The molecule has 188 valence electrons. The first-order valence-electron chi connectivity index (χ1n) is 12.1. The molecule has 1 N–H and O–H groups in total. The Kier molecular flexibility index (Phi) is 8.87. The molecule has 0 spiro atoms. The van der Waals surface area contributed by atoms with E-state index in [4.69, 9.17) is 14.5 Å². The van der Waals surface area contributed by atoms with Gasteiger partial charge in [0, 0.05) is 43.2 Å². The summed E-state index contributed by atoms with van der Waals surface area (Å²) in [5.74, 6) is 0.589. The predicted octanol–water partition coefficient (Wildman–Crippen LogP) is 4.62. The molecule has 0 saturated carbocycles. The number of ether oxygens (including phenoxy) is 2. The van der Waals surface area contributed by atoms with Crippen molar-refractivity contribution >= 4 is 34.6 Å². The van der Waals surface area contributed by atoms with E-state index in [9.17, 15) is 9.59 Å². The van der Waals surface area contributed by atoms with Gasteiger partial charge in [0.05, 0.1) is 19.9 Å². The highest BCUT2D eigenvalue weighted by Gasteiger charge is 2.35. The Hall–Kier alpha value is -3.39. The van der Waals surface area contributed by atoms with E-state index in [0.717, 1.165) is 42.3 Å². The standard InChI is InChI=1S/C27H36N4O4/c1-7-21(26-20-16-23(34-5)24(35-6)17-22(20)29-27(26)33)28-18-10-12-19(13-11-18)30(4)25(32)14-15-31(8-2)9-3/h10-13,16-17,26H,7-9,14-15H2,1-6H3,(H,29,33). The summed E-state index contributed by atoms with van der Waals surface area (Å²) in [6.07, 6.45) is 1.08. The van der Waals surface area contributed by atoms with E-state index in [1.54, 1.807) is 32.2 Å². The van der Waals surface area contributed by atoms with Gasteiger partial charge in [-0.15, -0.1) is 0 Å². The second-order valence-electron chi connectivity index (χ2n) is 8.42. The molecular weight excluding hydrogens is 444 g/mol. The SMILES string of the molecule is CCC(=Nc1ccc(N(C)C(=O)CCN(CC)CC)cc1)C1C(=O)Nc2cc(OC)c(OC)cc21. The van der Waals surface area contributed by atoms with Crippen molar-refractivity contribution in [3.8, 4) is 11.5 Å². The summed E-state index contributed by atoms with van der Waals surface area (Å²) in [5, 5.41) is 2.94. The van der Waals surface area contributed by atoms with Gasteiger partial charge < -0.3 is 24.6 Å². The molecule has 1 heterocycles. The highest BCUT2D eigenvalue weighted by molar-refractivity contribution is 6.19. The van der Waals surface area contributed by atoms with Crippen LogP contribution in [0.1, 0.15) is 45.1 Å². The molecule has 3 rings (SSSR count). The van der Waals surface area contributed by atoms with E-state index in [2.05, 4.69) is 24.1 Å². The minimum absolute atomic E-state index is 0.0750. The summed E-state index contributed by atoms with van der Waals surface area (Å²) >= 11 is 0. The zero-order valence-electron chi connectivity index (χ0n) is 21.6. The number of nitrogens with zero attached hydrogens (tertiary/aromatic N) is 3. The van der Waals surface area contributed by atoms with Crippen LogP contribution in [0.2, 0.25) is 0 Å². The van der Waals surface area contributed by atoms with Gasteiger partial charge in [-0.3, -0.25) is 14.6 Å². The second kappa shape index (κ2) is 11.8. The Morgan fingerprint density at radius 1 is 1.03 bits per heavy atom. The van der Waals surface area contributed by atoms with Gasteiger partial charge in [0.2, 0.25) is 11.8 Å². The van der Waals surface area contributed by atoms with Gasteiger partial charge in [-0.25, -0.2) is 0 Å². The molecule has 8 nitrogen and oxygen atoms in total. The molecule has 0 aliphatic carbocycles. The number of benzene rings is 2. The van der Waals surface area contributed by atoms with Crippen LogP contribution >= 0.6 is 0 Å². The zero-order chi connectivity index (χ0) is 25.5. The normalized spacial score (nSPS) is 15.1. The van der Waals surface area contributed by atoms with Crippen molar-refractivity contribution in [1.82, 2.24) is 4.90 Å². The van der Waals surface area contributed by atoms with Crippen LogP contribution in [0.5, 0.6) is 11.5 Å². The fraction of sp³-hybridized carbons (Fsp3) is 0.444. The number of rotatable bonds is 11. The van der Waals surface area contributed by atoms with Crippen LogP contribution in [0.15, 0.2) is 41.4 Å². The van der Waals surface area contributed by atoms with Crippen molar-refractivity contribution < 1.29 is 19.1 Å².